The molecule has 2 aromatic heterocycles. The minimum absolute atomic E-state index is 0.438. The summed E-state index contributed by atoms with van der Waals surface area (Å²) >= 11 is 0. The van der Waals surface area contributed by atoms with Crippen molar-refractivity contribution in [3.8, 4) is 55.9 Å². The van der Waals surface area contributed by atoms with E-state index in [4.69, 9.17) is 9.97 Å². The summed E-state index contributed by atoms with van der Waals surface area (Å²) < 4.78 is 0. The van der Waals surface area contributed by atoms with Crippen LogP contribution in [0.25, 0.3) is 55.9 Å². The van der Waals surface area contributed by atoms with Gasteiger partial charge in [-0.2, -0.15) is 0 Å². The monoisotopic (exact) mass is 589 g/mol. The summed E-state index contributed by atoms with van der Waals surface area (Å²) in [5.41, 5.74) is 18.8. The lowest BCUT2D eigenvalue weighted by molar-refractivity contribution is 0.794. The van der Waals surface area contributed by atoms with Crippen LogP contribution in [-0.2, 0) is 5.41 Å². The molecule has 218 valence electrons. The van der Waals surface area contributed by atoms with Crippen molar-refractivity contribution in [3.63, 3.8) is 0 Å². The molecule has 0 bridgehead atoms. The van der Waals surface area contributed by atoms with E-state index in [9.17, 15) is 0 Å². The van der Waals surface area contributed by atoms with Gasteiger partial charge in [0, 0.05) is 29.3 Å². The third kappa shape index (κ3) is 3.63. The number of hydrogen-bond acceptors (Lipinski definition) is 3. The minimum atomic E-state index is -0.438. The fourth-order valence-electron chi connectivity index (χ4n) is 8.14. The lowest BCUT2D eigenvalue weighted by Crippen LogP contribution is -2.25. The topological polar surface area (TPSA) is 38.7 Å². The van der Waals surface area contributed by atoms with Gasteiger partial charge >= 0.3 is 0 Å². The second-order valence-electron chi connectivity index (χ2n) is 12.5. The van der Waals surface area contributed by atoms with Gasteiger partial charge in [0.15, 0.2) is 5.82 Å². The molecule has 0 N–H and O–H groups in total. The highest BCUT2D eigenvalue weighted by atomic mass is 14.9. The van der Waals surface area contributed by atoms with Crippen molar-refractivity contribution in [3.05, 3.63) is 173 Å². The molecule has 0 atom stereocenters. The van der Waals surface area contributed by atoms with E-state index >= 15 is 0 Å². The average Bonchev–Trinajstić information content (AvgIpc) is 3.55. The van der Waals surface area contributed by atoms with Gasteiger partial charge in [-0.3, -0.25) is 4.98 Å². The van der Waals surface area contributed by atoms with Gasteiger partial charge in [-0.1, -0.05) is 103 Å². The Kier molecular flexibility index (Phi) is 5.76. The van der Waals surface area contributed by atoms with Gasteiger partial charge in [0.05, 0.1) is 5.41 Å². The van der Waals surface area contributed by atoms with Crippen molar-refractivity contribution in [1.29, 1.82) is 0 Å². The largest absolute Gasteiger partial charge is 0.264 e. The molecule has 5 aromatic carbocycles. The summed E-state index contributed by atoms with van der Waals surface area (Å²) in [7, 11) is 0. The lowest BCUT2D eigenvalue weighted by Gasteiger charge is -2.30. The zero-order valence-electron chi connectivity index (χ0n) is 26.0. The molecule has 0 radical (unpaired) electrons. The maximum Gasteiger partial charge on any atom is 0.160 e. The second-order valence-corrected chi connectivity index (χ2v) is 12.5. The van der Waals surface area contributed by atoms with E-state index in [-0.39, 0.29) is 0 Å². The molecule has 9 rings (SSSR count). The van der Waals surface area contributed by atoms with Crippen molar-refractivity contribution in [2.45, 2.75) is 26.2 Å². The first-order valence-corrected chi connectivity index (χ1v) is 15.9. The third-order valence-corrected chi connectivity index (χ3v) is 9.89. The number of aromatic nitrogens is 3. The predicted molar refractivity (Wildman–Crippen MR) is 187 cm³/mol. The highest BCUT2D eigenvalue weighted by Gasteiger charge is 2.52. The van der Waals surface area contributed by atoms with E-state index < -0.39 is 5.41 Å². The Balaban J connectivity index is 1.39. The van der Waals surface area contributed by atoms with Gasteiger partial charge in [-0.05, 0) is 111 Å². The fourth-order valence-corrected chi connectivity index (χ4v) is 8.14. The van der Waals surface area contributed by atoms with Crippen molar-refractivity contribution in [2.24, 2.45) is 0 Å². The maximum atomic E-state index is 4.99. The molecular weight excluding hydrogens is 558 g/mol. The molecular formula is C43H31N3. The predicted octanol–water partition coefficient (Wildman–Crippen LogP) is 10.1. The number of pyridine rings is 1. The van der Waals surface area contributed by atoms with Crippen LogP contribution in [0.2, 0.25) is 0 Å². The van der Waals surface area contributed by atoms with Gasteiger partial charge in [0.1, 0.15) is 0 Å². The third-order valence-electron chi connectivity index (χ3n) is 9.89. The molecule has 46 heavy (non-hydrogen) atoms. The summed E-state index contributed by atoms with van der Waals surface area (Å²) in [5.74, 6) is 0.773. The smallest absolute Gasteiger partial charge is 0.160 e. The highest BCUT2D eigenvalue weighted by molar-refractivity contribution is 6.00. The second kappa shape index (κ2) is 9.92. The first-order valence-electron chi connectivity index (χ1n) is 15.9. The minimum Gasteiger partial charge on any atom is -0.264 e. The van der Waals surface area contributed by atoms with Crippen LogP contribution in [0.5, 0.6) is 0 Å². The van der Waals surface area contributed by atoms with Crippen molar-refractivity contribution >= 4 is 0 Å². The molecule has 3 heteroatoms. The SMILES string of the molecule is Cc1cc(C)nc(-c2cccc3c2-c2cc(-c4ccccc4-c4ccncc4C)ccc2C32c3ccccc3-c3ccccc32)n1. The van der Waals surface area contributed by atoms with Crippen LogP contribution in [0.4, 0.5) is 0 Å². The molecule has 2 aliphatic rings. The van der Waals surface area contributed by atoms with Crippen molar-refractivity contribution in [1.82, 2.24) is 15.0 Å². The van der Waals surface area contributed by atoms with Gasteiger partial charge in [-0.15, -0.1) is 0 Å². The standard InChI is InChI=1S/C43H31N3/c1-26-25-44-22-21-30(26)32-12-5-4-11-31(32)29-19-20-39-36(24-29)41-35(42-45-27(2)23-28(3)46-42)15-10-18-40(41)43(39)37-16-8-6-13-33(37)34-14-7-9-17-38(34)43/h4-25H,1-3H3. The van der Waals surface area contributed by atoms with Crippen LogP contribution >= 0.6 is 0 Å². The molecule has 0 aliphatic heterocycles. The van der Waals surface area contributed by atoms with Crippen LogP contribution in [0, 0.1) is 20.8 Å². The molecule has 0 saturated carbocycles. The number of aryl methyl sites for hydroxylation is 3. The van der Waals surface area contributed by atoms with Gasteiger partial charge < -0.3 is 0 Å². The van der Waals surface area contributed by atoms with E-state index in [1.807, 2.05) is 18.5 Å². The highest BCUT2D eigenvalue weighted by Crippen LogP contribution is 2.64. The zero-order valence-corrected chi connectivity index (χ0v) is 26.0. The number of nitrogens with zero attached hydrogens (tertiary/aromatic N) is 3. The van der Waals surface area contributed by atoms with Crippen LogP contribution in [0.3, 0.4) is 0 Å². The summed E-state index contributed by atoms with van der Waals surface area (Å²) in [5, 5.41) is 0. The maximum absolute atomic E-state index is 4.99. The Bertz CT molecular complexity index is 2300. The Morgan fingerprint density at radius 2 is 1.04 bits per heavy atom. The van der Waals surface area contributed by atoms with E-state index in [0.717, 1.165) is 28.3 Å². The van der Waals surface area contributed by atoms with Gasteiger partial charge in [-0.25, -0.2) is 9.97 Å². The van der Waals surface area contributed by atoms with Gasteiger partial charge in [0.2, 0.25) is 0 Å². The number of hydrogen-bond donors (Lipinski definition) is 0. The zero-order chi connectivity index (χ0) is 31.0. The molecule has 0 amide bonds. The first kappa shape index (κ1) is 26.7. The summed E-state index contributed by atoms with van der Waals surface area (Å²) in [6.07, 6.45) is 3.83. The Morgan fingerprint density at radius 3 is 1.74 bits per heavy atom. The molecule has 1 spiro atoms. The van der Waals surface area contributed by atoms with E-state index in [1.165, 1.54) is 66.8 Å². The molecule has 3 nitrogen and oxygen atoms in total. The quantitative estimate of drug-likeness (QED) is 0.206. The molecule has 0 unspecified atom stereocenters. The Hall–Kier alpha value is -5.67. The van der Waals surface area contributed by atoms with Crippen LogP contribution in [0.15, 0.2) is 134 Å². The summed E-state index contributed by atoms with van der Waals surface area (Å²) in [6.45, 7) is 6.24. The van der Waals surface area contributed by atoms with E-state index in [2.05, 4.69) is 141 Å². The van der Waals surface area contributed by atoms with Gasteiger partial charge in [0.25, 0.3) is 0 Å². The van der Waals surface area contributed by atoms with E-state index in [1.54, 1.807) is 0 Å². The molecule has 7 aromatic rings. The molecule has 2 aliphatic carbocycles. The number of rotatable bonds is 3. The lowest BCUT2D eigenvalue weighted by atomic mass is 9.70. The van der Waals surface area contributed by atoms with Crippen LogP contribution in [-0.4, -0.2) is 15.0 Å². The number of benzene rings is 5. The average molecular weight is 590 g/mol. The molecule has 0 saturated heterocycles. The van der Waals surface area contributed by atoms with E-state index in [0.29, 0.717) is 0 Å². The first-order chi connectivity index (χ1) is 22.6. The van der Waals surface area contributed by atoms with Crippen molar-refractivity contribution in [2.75, 3.05) is 0 Å². The Morgan fingerprint density at radius 1 is 0.457 bits per heavy atom. The van der Waals surface area contributed by atoms with Crippen molar-refractivity contribution < 1.29 is 0 Å². The molecule has 2 heterocycles. The Labute approximate surface area is 269 Å². The van der Waals surface area contributed by atoms with Crippen LogP contribution < -0.4 is 0 Å². The number of fused-ring (bicyclic) bond motifs is 10. The normalized spacial score (nSPS) is 13.3. The molecule has 0 fully saturated rings. The van der Waals surface area contributed by atoms with Crippen LogP contribution in [0.1, 0.15) is 39.2 Å². The summed E-state index contributed by atoms with van der Waals surface area (Å²) in [4.78, 5) is 14.3. The summed E-state index contributed by atoms with van der Waals surface area (Å²) in [6, 6.07) is 44.6. The fraction of sp³-hybridized carbons (Fsp3) is 0.0930.